The van der Waals surface area contributed by atoms with Crippen LogP contribution in [0.2, 0.25) is 5.02 Å². The Kier molecular flexibility index (Phi) is 5.73. The number of benzene rings is 3. The third kappa shape index (κ3) is 4.56. The summed E-state index contributed by atoms with van der Waals surface area (Å²) in [6.45, 7) is 0. The molecule has 0 saturated carbocycles. The van der Waals surface area contributed by atoms with E-state index >= 15 is 0 Å². The second-order valence-electron chi connectivity index (χ2n) is 7.29. The first kappa shape index (κ1) is 21.7. The molecule has 1 atom stereocenters. The van der Waals surface area contributed by atoms with Crippen molar-refractivity contribution < 1.29 is 12.8 Å². The molecule has 0 amide bonds. The van der Waals surface area contributed by atoms with Crippen molar-refractivity contribution in [3.05, 3.63) is 100 Å². The highest BCUT2D eigenvalue weighted by molar-refractivity contribution is 7.90. The van der Waals surface area contributed by atoms with E-state index in [-0.39, 0.29) is 10.7 Å². The van der Waals surface area contributed by atoms with Gasteiger partial charge in [-0.25, -0.2) is 12.8 Å². The molecule has 1 aliphatic rings. The molecule has 4 rings (SSSR count). The molecule has 3 aromatic rings. The minimum absolute atomic E-state index is 0.202. The van der Waals surface area contributed by atoms with E-state index in [4.69, 9.17) is 23.2 Å². The summed E-state index contributed by atoms with van der Waals surface area (Å²) in [5.74, 6) is -0.367. The summed E-state index contributed by atoms with van der Waals surface area (Å²) in [7, 11) is -3.33. The molecule has 0 bridgehead atoms. The van der Waals surface area contributed by atoms with Crippen LogP contribution in [0.5, 0.6) is 0 Å². The number of hydrogen-bond acceptors (Lipinski definition) is 4. The molecule has 31 heavy (non-hydrogen) atoms. The van der Waals surface area contributed by atoms with E-state index in [1.165, 1.54) is 24.3 Å². The molecule has 0 fully saturated rings. The van der Waals surface area contributed by atoms with Gasteiger partial charge in [0.15, 0.2) is 14.8 Å². The molecule has 0 spiro atoms. The lowest BCUT2D eigenvalue weighted by Crippen LogP contribution is -2.22. The first-order valence-corrected chi connectivity index (χ1v) is 12.0. The van der Waals surface area contributed by atoms with Crippen molar-refractivity contribution in [1.29, 1.82) is 0 Å². The van der Waals surface area contributed by atoms with Crippen molar-refractivity contribution in [1.82, 2.24) is 0 Å². The smallest absolute Gasteiger partial charge is 0.186 e. The van der Waals surface area contributed by atoms with Crippen molar-refractivity contribution in [2.45, 2.75) is 16.3 Å². The van der Waals surface area contributed by atoms with Crippen LogP contribution in [-0.2, 0) is 16.3 Å². The molecule has 1 unspecified atom stereocenters. The van der Waals surface area contributed by atoms with Crippen molar-refractivity contribution in [2.24, 2.45) is 10.2 Å². The molecule has 8 heteroatoms. The number of azo groups is 1. The van der Waals surface area contributed by atoms with Crippen LogP contribution in [0.4, 0.5) is 4.39 Å². The molecule has 3 aromatic carbocycles. The summed E-state index contributed by atoms with van der Waals surface area (Å²) in [6, 6.07) is 19.6. The van der Waals surface area contributed by atoms with Gasteiger partial charge in [-0.1, -0.05) is 59.6 Å². The zero-order valence-corrected chi connectivity index (χ0v) is 18.7. The summed E-state index contributed by atoms with van der Waals surface area (Å²) < 4.78 is 37.1. The van der Waals surface area contributed by atoms with Gasteiger partial charge in [0.05, 0.1) is 4.90 Å². The van der Waals surface area contributed by atoms with Crippen LogP contribution in [0, 0.1) is 5.82 Å². The van der Waals surface area contributed by atoms with E-state index in [2.05, 4.69) is 10.2 Å². The van der Waals surface area contributed by atoms with Gasteiger partial charge in [-0.15, -0.1) is 0 Å². The Morgan fingerprint density at radius 2 is 1.48 bits per heavy atom. The average Bonchev–Trinajstić information content (AvgIpc) is 3.07. The molecule has 1 heterocycles. The van der Waals surface area contributed by atoms with Gasteiger partial charge in [0.25, 0.3) is 0 Å². The first-order chi connectivity index (χ1) is 14.7. The standard InChI is InChI=1S/C23H17Cl2FN2O2S/c1-31(29,30)20-12-6-17(7-13-20)22-21(16-4-10-19(26)11-5-16)23(25,28-27-22)14-15-2-8-18(24)9-3-15/h2-13H,14H2,1H3. The molecule has 0 aromatic heterocycles. The van der Waals surface area contributed by atoms with Crippen LogP contribution < -0.4 is 0 Å². The monoisotopic (exact) mass is 474 g/mol. The third-order valence-corrected chi connectivity index (χ3v) is 6.75. The van der Waals surface area contributed by atoms with Gasteiger partial charge in [-0.05, 0) is 47.5 Å². The molecular weight excluding hydrogens is 458 g/mol. The average molecular weight is 475 g/mol. The molecule has 158 valence electrons. The molecule has 4 nitrogen and oxygen atoms in total. The maximum atomic E-state index is 13.6. The Labute approximate surface area is 190 Å². The second kappa shape index (κ2) is 8.19. The summed E-state index contributed by atoms with van der Waals surface area (Å²) in [4.78, 5) is -1.01. The molecule has 0 radical (unpaired) electrons. The fraction of sp³-hybridized carbons (Fsp3) is 0.130. The van der Waals surface area contributed by atoms with E-state index in [1.54, 1.807) is 36.4 Å². The lowest BCUT2D eigenvalue weighted by Gasteiger charge is -2.22. The van der Waals surface area contributed by atoms with Crippen molar-refractivity contribution in [3.63, 3.8) is 0 Å². The summed E-state index contributed by atoms with van der Waals surface area (Å²) in [5, 5.41) is 9.33. The highest BCUT2D eigenvalue weighted by Gasteiger charge is 2.40. The maximum absolute atomic E-state index is 13.6. The van der Waals surface area contributed by atoms with Crippen molar-refractivity contribution in [3.8, 4) is 0 Å². The fourth-order valence-electron chi connectivity index (χ4n) is 3.44. The number of alkyl halides is 1. The first-order valence-electron chi connectivity index (χ1n) is 9.33. The van der Waals surface area contributed by atoms with Crippen LogP contribution in [0.25, 0.3) is 11.3 Å². The minimum Gasteiger partial charge on any atom is -0.224 e. The number of halogens is 3. The van der Waals surface area contributed by atoms with Crippen molar-refractivity contribution >= 4 is 44.3 Å². The lowest BCUT2D eigenvalue weighted by molar-refractivity contribution is 0.602. The van der Waals surface area contributed by atoms with Gasteiger partial charge < -0.3 is 0 Å². The zero-order valence-electron chi connectivity index (χ0n) is 16.4. The number of rotatable bonds is 5. The Hall–Kier alpha value is -2.54. The molecule has 1 aliphatic heterocycles. The Morgan fingerprint density at radius 1 is 0.903 bits per heavy atom. The molecule has 0 aliphatic carbocycles. The maximum Gasteiger partial charge on any atom is 0.186 e. The van der Waals surface area contributed by atoms with Crippen molar-refractivity contribution in [2.75, 3.05) is 6.26 Å². The van der Waals surface area contributed by atoms with Crippen LogP contribution >= 0.6 is 23.2 Å². The van der Waals surface area contributed by atoms with Crippen LogP contribution in [-0.4, -0.2) is 19.7 Å². The SMILES string of the molecule is CS(=O)(=O)c1ccc(C2=C(c3ccc(F)cc3)C(Cl)(Cc3ccc(Cl)cc3)N=N2)cc1. The van der Waals surface area contributed by atoms with E-state index in [1.807, 2.05) is 12.1 Å². The number of hydrogen-bond donors (Lipinski definition) is 0. The normalized spacial score (nSPS) is 18.6. The highest BCUT2D eigenvalue weighted by Crippen LogP contribution is 2.48. The van der Waals surface area contributed by atoms with Gasteiger partial charge in [0, 0.05) is 28.8 Å². The number of nitrogens with zero attached hydrogens (tertiary/aromatic N) is 2. The summed E-state index contributed by atoms with van der Waals surface area (Å²) >= 11 is 13.0. The van der Waals surface area contributed by atoms with Gasteiger partial charge in [-0.2, -0.15) is 10.2 Å². The van der Waals surface area contributed by atoms with E-state index in [0.717, 1.165) is 11.8 Å². The van der Waals surface area contributed by atoms with Gasteiger partial charge in [0.2, 0.25) is 0 Å². The van der Waals surface area contributed by atoms with E-state index in [0.29, 0.717) is 33.8 Å². The Morgan fingerprint density at radius 3 is 2.06 bits per heavy atom. The Bertz CT molecular complexity index is 1290. The summed E-state index contributed by atoms with van der Waals surface area (Å²) in [6.07, 6.45) is 1.49. The predicted molar refractivity (Wildman–Crippen MR) is 121 cm³/mol. The van der Waals surface area contributed by atoms with Gasteiger partial charge in [0.1, 0.15) is 11.5 Å². The summed E-state index contributed by atoms with van der Waals surface area (Å²) in [5.41, 5.74) is 3.38. The van der Waals surface area contributed by atoms with Gasteiger partial charge in [-0.3, -0.25) is 0 Å². The Balaban J connectivity index is 1.83. The topological polar surface area (TPSA) is 58.9 Å². The largest absolute Gasteiger partial charge is 0.224 e. The van der Waals surface area contributed by atoms with Crippen LogP contribution in [0.1, 0.15) is 16.7 Å². The molecule has 0 saturated heterocycles. The highest BCUT2D eigenvalue weighted by atomic mass is 35.5. The fourth-order valence-corrected chi connectivity index (χ4v) is 4.59. The van der Waals surface area contributed by atoms with Crippen LogP contribution in [0.15, 0.2) is 87.9 Å². The molecule has 0 N–H and O–H groups in total. The van der Waals surface area contributed by atoms with Crippen LogP contribution in [0.3, 0.4) is 0 Å². The lowest BCUT2D eigenvalue weighted by atomic mass is 9.90. The van der Waals surface area contributed by atoms with E-state index < -0.39 is 14.8 Å². The molecular formula is C23H17Cl2FN2O2S. The minimum atomic E-state index is -3.33. The second-order valence-corrected chi connectivity index (χ2v) is 10.4. The van der Waals surface area contributed by atoms with Gasteiger partial charge >= 0.3 is 0 Å². The number of sulfone groups is 1. The van der Waals surface area contributed by atoms with E-state index in [9.17, 15) is 12.8 Å². The predicted octanol–water partition coefficient (Wildman–Crippen LogP) is 6.39. The zero-order chi connectivity index (χ0) is 22.2. The third-order valence-electron chi connectivity index (χ3n) is 4.97. The quantitative estimate of drug-likeness (QED) is 0.317.